The van der Waals surface area contributed by atoms with Gasteiger partial charge in [-0.25, -0.2) is 0 Å². The number of rotatable bonds is 9. The lowest BCUT2D eigenvalue weighted by molar-refractivity contribution is -0.149. The highest BCUT2D eigenvalue weighted by Gasteiger charge is 2.19. The lowest BCUT2D eigenvalue weighted by atomic mass is 10.1. The number of hydrogen-bond donors (Lipinski definition) is 1. The normalized spacial score (nSPS) is 12.0. The summed E-state index contributed by atoms with van der Waals surface area (Å²) in [7, 11) is 1.55. The second kappa shape index (κ2) is 9.85. The molecule has 0 saturated carbocycles. The topological polar surface area (TPSA) is 81.9 Å². The van der Waals surface area contributed by atoms with E-state index in [1.54, 1.807) is 14.0 Å². The average molecular weight is 260 g/mol. The van der Waals surface area contributed by atoms with Crippen molar-refractivity contribution in [1.29, 1.82) is 0 Å². The van der Waals surface area contributed by atoms with Crippen LogP contribution in [0.3, 0.4) is 0 Å². The van der Waals surface area contributed by atoms with Gasteiger partial charge in [0, 0.05) is 26.1 Å². The Balaban J connectivity index is 4.36. The van der Waals surface area contributed by atoms with Crippen LogP contribution in [0.2, 0.25) is 0 Å². The van der Waals surface area contributed by atoms with Crippen molar-refractivity contribution in [3.8, 4) is 0 Å². The minimum atomic E-state index is -0.410. The van der Waals surface area contributed by atoms with Crippen molar-refractivity contribution in [2.45, 2.75) is 32.7 Å². The Bertz CT molecular complexity index is 258. The van der Waals surface area contributed by atoms with Gasteiger partial charge < -0.3 is 20.1 Å². The number of ether oxygens (including phenoxy) is 2. The molecule has 2 N–H and O–H groups in total. The molecule has 0 spiro atoms. The van der Waals surface area contributed by atoms with E-state index in [1.165, 1.54) is 4.90 Å². The second-order valence-corrected chi connectivity index (χ2v) is 3.99. The zero-order valence-corrected chi connectivity index (χ0v) is 11.5. The minimum absolute atomic E-state index is 0.0491. The fraction of sp³-hybridized carbons (Fsp3) is 0.833. The molecule has 0 heterocycles. The lowest BCUT2D eigenvalue weighted by Gasteiger charge is -2.22. The summed E-state index contributed by atoms with van der Waals surface area (Å²) in [4.78, 5) is 24.8. The molecule has 0 bridgehead atoms. The van der Waals surface area contributed by atoms with Crippen LogP contribution >= 0.6 is 0 Å². The van der Waals surface area contributed by atoms with Gasteiger partial charge in [0.25, 0.3) is 0 Å². The number of hydrogen-bond acceptors (Lipinski definition) is 5. The Kier molecular flexibility index (Phi) is 9.22. The standard InChI is InChI=1S/C12H24N2O4/c1-4-10(13)8-11(15)14(6-7-17-3)9-12(16)18-5-2/h10H,4-9,13H2,1-3H3. The monoisotopic (exact) mass is 260 g/mol. The van der Waals surface area contributed by atoms with Gasteiger partial charge in [0.2, 0.25) is 5.91 Å². The van der Waals surface area contributed by atoms with Gasteiger partial charge in [-0.1, -0.05) is 6.92 Å². The van der Waals surface area contributed by atoms with Crippen molar-refractivity contribution in [3.63, 3.8) is 0 Å². The van der Waals surface area contributed by atoms with Crippen LogP contribution < -0.4 is 5.73 Å². The van der Waals surface area contributed by atoms with Gasteiger partial charge in [-0.2, -0.15) is 0 Å². The second-order valence-electron chi connectivity index (χ2n) is 3.99. The van der Waals surface area contributed by atoms with E-state index in [1.807, 2.05) is 6.92 Å². The first-order valence-corrected chi connectivity index (χ1v) is 6.23. The fourth-order valence-electron chi connectivity index (χ4n) is 1.35. The quantitative estimate of drug-likeness (QED) is 0.597. The molecule has 0 aliphatic heterocycles. The molecule has 0 saturated heterocycles. The summed E-state index contributed by atoms with van der Waals surface area (Å²) in [6.07, 6.45) is 0.961. The molecule has 1 amide bonds. The molecule has 1 atom stereocenters. The molecule has 0 aliphatic carbocycles. The molecule has 0 aromatic heterocycles. The van der Waals surface area contributed by atoms with E-state index in [9.17, 15) is 9.59 Å². The molecule has 0 aliphatic rings. The van der Waals surface area contributed by atoms with Crippen molar-refractivity contribution in [3.05, 3.63) is 0 Å². The van der Waals surface area contributed by atoms with E-state index < -0.39 is 5.97 Å². The molecular weight excluding hydrogens is 236 g/mol. The Morgan fingerprint density at radius 3 is 2.50 bits per heavy atom. The van der Waals surface area contributed by atoms with Gasteiger partial charge in [0.1, 0.15) is 6.54 Å². The molecule has 0 aromatic carbocycles. The van der Waals surface area contributed by atoms with Gasteiger partial charge in [-0.3, -0.25) is 9.59 Å². The zero-order valence-electron chi connectivity index (χ0n) is 11.5. The van der Waals surface area contributed by atoms with Crippen LogP contribution in [0.15, 0.2) is 0 Å². The molecule has 0 aromatic rings. The van der Waals surface area contributed by atoms with Gasteiger partial charge in [0.15, 0.2) is 0 Å². The molecule has 1 unspecified atom stereocenters. The zero-order chi connectivity index (χ0) is 14.0. The predicted molar refractivity (Wildman–Crippen MR) is 68.0 cm³/mol. The van der Waals surface area contributed by atoms with Crippen LogP contribution in [0, 0.1) is 0 Å². The van der Waals surface area contributed by atoms with Gasteiger partial charge in [0.05, 0.1) is 13.2 Å². The van der Waals surface area contributed by atoms with Crippen LogP contribution in [0.5, 0.6) is 0 Å². The maximum absolute atomic E-state index is 11.9. The van der Waals surface area contributed by atoms with Crippen LogP contribution in [0.1, 0.15) is 26.7 Å². The molecule has 6 nitrogen and oxygen atoms in total. The van der Waals surface area contributed by atoms with Crippen LogP contribution in [0.25, 0.3) is 0 Å². The maximum atomic E-state index is 11.9. The summed E-state index contributed by atoms with van der Waals surface area (Å²) in [5, 5.41) is 0. The number of esters is 1. The Hall–Kier alpha value is -1.14. The van der Waals surface area contributed by atoms with Gasteiger partial charge >= 0.3 is 5.97 Å². The number of nitrogens with zero attached hydrogens (tertiary/aromatic N) is 1. The van der Waals surface area contributed by atoms with E-state index in [2.05, 4.69) is 0 Å². The third kappa shape index (κ3) is 7.24. The van der Waals surface area contributed by atoms with Crippen molar-refractivity contribution in [1.82, 2.24) is 4.90 Å². The summed E-state index contributed by atoms with van der Waals surface area (Å²) in [5.41, 5.74) is 5.73. The number of amides is 1. The Morgan fingerprint density at radius 1 is 1.33 bits per heavy atom. The summed E-state index contributed by atoms with van der Waals surface area (Å²) < 4.78 is 9.75. The Morgan fingerprint density at radius 2 is 2.00 bits per heavy atom. The third-order valence-electron chi connectivity index (χ3n) is 2.50. The number of nitrogens with two attached hydrogens (primary N) is 1. The van der Waals surface area contributed by atoms with E-state index in [0.29, 0.717) is 19.8 Å². The third-order valence-corrected chi connectivity index (χ3v) is 2.50. The van der Waals surface area contributed by atoms with Gasteiger partial charge in [-0.15, -0.1) is 0 Å². The molecule has 18 heavy (non-hydrogen) atoms. The first kappa shape index (κ1) is 16.9. The summed E-state index contributed by atoms with van der Waals surface area (Å²) in [5.74, 6) is -0.554. The number of carbonyl (C=O) groups excluding carboxylic acids is 2. The molecule has 6 heteroatoms. The first-order valence-electron chi connectivity index (χ1n) is 6.23. The number of methoxy groups -OCH3 is 1. The maximum Gasteiger partial charge on any atom is 0.325 e. The van der Waals surface area contributed by atoms with Crippen molar-refractivity contribution >= 4 is 11.9 Å². The molecule has 0 radical (unpaired) electrons. The van der Waals surface area contributed by atoms with E-state index in [4.69, 9.17) is 15.2 Å². The molecule has 106 valence electrons. The van der Waals surface area contributed by atoms with E-state index in [0.717, 1.165) is 6.42 Å². The smallest absolute Gasteiger partial charge is 0.325 e. The molecular formula is C12H24N2O4. The Labute approximate surface area is 108 Å². The van der Waals surface area contributed by atoms with E-state index in [-0.39, 0.29) is 24.9 Å². The first-order chi connectivity index (χ1) is 8.54. The fourth-order valence-corrected chi connectivity index (χ4v) is 1.35. The van der Waals surface area contributed by atoms with E-state index >= 15 is 0 Å². The largest absolute Gasteiger partial charge is 0.465 e. The SMILES string of the molecule is CCOC(=O)CN(CCOC)C(=O)CC(N)CC. The highest BCUT2D eigenvalue weighted by Crippen LogP contribution is 2.01. The van der Waals surface area contributed by atoms with Gasteiger partial charge in [-0.05, 0) is 13.3 Å². The van der Waals surface area contributed by atoms with Crippen LogP contribution in [-0.2, 0) is 19.1 Å². The summed E-state index contributed by atoms with van der Waals surface area (Å²) in [6, 6.07) is -0.176. The highest BCUT2D eigenvalue weighted by atomic mass is 16.5. The molecule has 0 fully saturated rings. The highest BCUT2D eigenvalue weighted by molar-refractivity contribution is 5.82. The van der Waals surface area contributed by atoms with Crippen LogP contribution in [-0.4, -0.2) is 56.2 Å². The minimum Gasteiger partial charge on any atom is -0.465 e. The van der Waals surface area contributed by atoms with Crippen molar-refractivity contribution in [2.75, 3.05) is 33.4 Å². The predicted octanol–water partition coefficient (Wildman–Crippen LogP) is 0.152. The van der Waals surface area contributed by atoms with Crippen molar-refractivity contribution < 1.29 is 19.1 Å². The summed E-state index contributed by atoms with van der Waals surface area (Å²) in [6.45, 7) is 4.65. The average Bonchev–Trinajstić information content (AvgIpc) is 2.34. The summed E-state index contributed by atoms with van der Waals surface area (Å²) >= 11 is 0. The number of carbonyl (C=O) groups is 2. The lowest BCUT2D eigenvalue weighted by Crippen LogP contribution is -2.41. The van der Waals surface area contributed by atoms with Crippen LogP contribution in [0.4, 0.5) is 0 Å². The van der Waals surface area contributed by atoms with Crippen molar-refractivity contribution in [2.24, 2.45) is 5.73 Å². The molecule has 0 rings (SSSR count).